The molecule has 2 nitrogen and oxygen atoms in total. The van der Waals surface area contributed by atoms with Gasteiger partial charge in [0.05, 0.1) is 0 Å². The Morgan fingerprint density at radius 3 is 1.77 bits per heavy atom. The van der Waals surface area contributed by atoms with Gasteiger partial charge in [-0.05, 0) is 24.6 Å². The highest BCUT2D eigenvalue weighted by atomic mass is 15.2. The third-order valence-electron chi connectivity index (χ3n) is 4.04. The summed E-state index contributed by atoms with van der Waals surface area (Å²) in [6.45, 7) is 5.31. The molecule has 22 heavy (non-hydrogen) atoms. The zero-order chi connectivity index (χ0) is 15.6. The maximum atomic E-state index is 3.36. The van der Waals surface area contributed by atoms with Gasteiger partial charge in [0.25, 0.3) is 0 Å². The predicted octanol–water partition coefficient (Wildman–Crippen LogP) is 4.08. The van der Waals surface area contributed by atoms with E-state index in [1.54, 1.807) is 0 Å². The first kappa shape index (κ1) is 16.7. The molecule has 2 heteroatoms. The quantitative estimate of drug-likeness (QED) is 0.750. The summed E-state index contributed by atoms with van der Waals surface area (Å²) in [4.78, 5) is 2.60. The first-order valence-electron chi connectivity index (χ1n) is 8.30. The zero-order valence-corrected chi connectivity index (χ0v) is 13.8. The Kier molecular flexibility index (Phi) is 7.14. The van der Waals surface area contributed by atoms with E-state index in [0.29, 0.717) is 6.04 Å². The average Bonchev–Trinajstić information content (AvgIpc) is 2.56. The predicted molar refractivity (Wildman–Crippen MR) is 94.8 cm³/mol. The Labute approximate surface area is 135 Å². The molecular formula is C20H28N2. The molecule has 2 aromatic rings. The first-order chi connectivity index (χ1) is 10.8. The number of hydrogen-bond donors (Lipinski definition) is 1. The molecule has 0 aliphatic heterocycles. The van der Waals surface area contributed by atoms with Crippen LogP contribution in [0.2, 0.25) is 0 Å². The summed E-state index contributed by atoms with van der Waals surface area (Å²) in [5.74, 6) is 0. The van der Waals surface area contributed by atoms with Crippen LogP contribution in [0.25, 0.3) is 0 Å². The van der Waals surface area contributed by atoms with Gasteiger partial charge in [0.15, 0.2) is 0 Å². The van der Waals surface area contributed by atoms with Gasteiger partial charge >= 0.3 is 0 Å². The maximum Gasteiger partial charge on any atom is 0.0240 e. The van der Waals surface area contributed by atoms with Gasteiger partial charge < -0.3 is 5.32 Å². The fourth-order valence-electron chi connectivity index (χ4n) is 2.93. The van der Waals surface area contributed by atoms with Crippen LogP contribution in [0.1, 0.15) is 30.9 Å². The lowest BCUT2D eigenvalue weighted by Gasteiger charge is -2.32. The number of nitrogens with zero attached hydrogens (tertiary/aromatic N) is 1. The molecule has 118 valence electrons. The third kappa shape index (κ3) is 5.28. The Morgan fingerprint density at radius 1 is 0.864 bits per heavy atom. The SMILES string of the molecule is CCCC(CNC)N(Cc1ccccc1)Cc1ccccc1. The van der Waals surface area contributed by atoms with E-state index in [1.165, 1.54) is 24.0 Å². The van der Waals surface area contributed by atoms with Crippen LogP contribution in [0, 0.1) is 0 Å². The van der Waals surface area contributed by atoms with E-state index in [9.17, 15) is 0 Å². The summed E-state index contributed by atoms with van der Waals surface area (Å²) >= 11 is 0. The smallest absolute Gasteiger partial charge is 0.0240 e. The van der Waals surface area contributed by atoms with Crippen molar-refractivity contribution in [1.29, 1.82) is 0 Å². The van der Waals surface area contributed by atoms with Crippen LogP contribution in [-0.4, -0.2) is 24.5 Å². The molecule has 0 aliphatic carbocycles. The molecule has 1 unspecified atom stereocenters. The van der Waals surface area contributed by atoms with Crippen LogP contribution >= 0.6 is 0 Å². The van der Waals surface area contributed by atoms with Crippen molar-refractivity contribution in [2.24, 2.45) is 0 Å². The molecule has 0 fully saturated rings. The normalized spacial score (nSPS) is 12.5. The lowest BCUT2D eigenvalue weighted by Crippen LogP contribution is -2.40. The van der Waals surface area contributed by atoms with Crippen molar-refractivity contribution in [2.75, 3.05) is 13.6 Å². The minimum absolute atomic E-state index is 0.565. The molecule has 0 saturated carbocycles. The van der Waals surface area contributed by atoms with Gasteiger partial charge in [0, 0.05) is 25.7 Å². The highest BCUT2D eigenvalue weighted by Crippen LogP contribution is 2.16. The van der Waals surface area contributed by atoms with Crippen LogP contribution in [0.3, 0.4) is 0 Å². The third-order valence-corrected chi connectivity index (χ3v) is 4.04. The first-order valence-corrected chi connectivity index (χ1v) is 8.30. The van der Waals surface area contributed by atoms with Crippen molar-refractivity contribution < 1.29 is 0 Å². The molecule has 0 saturated heterocycles. The fourth-order valence-corrected chi connectivity index (χ4v) is 2.93. The average molecular weight is 296 g/mol. The lowest BCUT2D eigenvalue weighted by atomic mass is 10.1. The van der Waals surface area contributed by atoms with Gasteiger partial charge in [-0.3, -0.25) is 4.90 Å². The van der Waals surface area contributed by atoms with Crippen molar-refractivity contribution in [3.05, 3.63) is 71.8 Å². The number of rotatable bonds is 9. The van der Waals surface area contributed by atoms with Crippen LogP contribution in [0.5, 0.6) is 0 Å². The van der Waals surface area contributed by atoms with Crippen molar-refractivity contribution >= 4 is 0 Å². The molecule has 0 amide bonds. The summed E-state index contributed by atoms with van der Waals surface area (Å²) in [6.07, 6.45) is 2.44. The number of hydrogen-bond acceptors (Lipinski definition) is 2. The van der Waals surface area contributed by atoms with E-state index in [4.69, 9.17) is 0 Å². The minimum atomic E-state index is 0.565. The molecule has 2 rings (SSSR count). The Bertz CT molecular complexity index is 462. The van der Waals surface area contributed by atoms with E-state index in [2.05, 4.69) is 77.8 Å². The monoisotopic (exact) mass is 296 g/mol. The van der Waals surface area contributed by atoms with Crippen LogP contribution in [0.4, 0.5) is 0 Å². The summed E-state index contributed by atoms with van der Waals surface area (Å²) in [5.41, 5.74) is 2.77. The van der Waals surface area contributed by atoms with Crippen molar-refractivity contribution in [3.8, 4) is 0 Å². The molecule has 0 radical (unpaired) electrons. The van der Waals surface area contributed by atoms with Gasteiger partial charge in [-0.25, -0.2) is 0 Å². The van der Waals surface area contributed by atoms with Gasteiger partial charge in [0.2, 0.25) is 0 Å². The van der Waals surface area contributed by atoms with E-state index < -0.39 is 0 Å². The molecule has 0 aromatic heterocycles. The van der Waals surface area contributed by atoms with Gasteiger partial charge in [-0.1, -0.05) is 74.0 Å². The molecule has 0 aliphatic rings. The second kappa shape index (κ2) is 9.39. The molecule has 0 spiro atoms. The lowest BCUT2D eigenvalue weighted by molar-refractivity contribution is 0.166. The van der Waals surface area contributed by atoms with Crippen molar-refractivity contribution in [2.45, 2.75) is 38.9 Å². The molecule has 1 atom stereocenters. The second-order valence-corrected chi connectivity index (χ2v) is 5.88. The van der Waals surface area contributed by atoms with E-state index >= 15 is 0 Å². The van der Waals surface area contributed by atoms with E-state index in [0.717, 1.165) is 19.6 Å². The Hall–Kier alpha value is -1.64. The molecule has 1 N–H and O–H groups in total. The summed E-state index contributed by atoms with van der Waals surface area (Å²) < 4.78 is 0. The number of likely N-dealkylation sites (N-methyl/N-ethyl adjacent to an activating group) is 1. The van der Waals surface area contributed by atoms with Crippen molar-refractivity contribution in [1.82, 2.24) is 10.2 Å². The largest absolute Gasteiger partial charge is 0.318 e. The highest BCUT2D eigenvalue weighted by Gasteiger charge is 2.17. The van der Waals surface area contributed by atoms with Crippen LogP contribution in [0.15, 0.2) is 60.7 Å². The van der Waals surface area contributed by atoms with Crippen LogP contribution in [-0.2, 0) is 13.1 Å². The summed E-state index contributed by atoms with van der Waals surface area (Å²) in [7, 11) is 2.05. The molecule has 0 bridgehead atoms. The second-order valence-electron chi connectivity index (χ2n) is 5.88. The standard InChI is InChI=1S/C20H28N2/c1-3-10-20(15-21-2)22(16-18-11-6-4-7-12-18)17-19-13-8-5-9-14-19/h4-9,11-14,20-21H,3,10,15-17H2,1-2H3. The number of nitrogens with one attached hydrogen (secondary N) is 1. The fraction of sp³-hybridized carbons (Fsp3) is 0.400. The Balaban J connectivity index is 2.14. The summed E-state index contributed by atoms with van der Waals surface area (Å²) in [6, 6.07) is 22.1. The minimum Gasteiger partial charge on any atom is -0.318 e. The Morgan fingerprint density at radius 2 is 1.36 bits per heavy atom. The molecular weight excluding hydrogens is 268 g/mol. The zero-order valence-electron chi connectivity index (χ0n) is 13.8. The topological polar surface area (TPSA) is 15.3 Å². The summed E-state index contributed by atoms with van der Waals surface area (Å²) in [5, 5.41) is 3.36. The molecule has 2 aromatic carbocycles. The van der Waals surface area contributed by atoms with Crippen molar-refractivity contribution in [3.63, 3.8) is 0 Å². The van der Waals surface area contributed by atoms with Gasteiger partial charge in [-0.15, -0.1) is 0 Å². The van der Waals surface area contributed by atoms with E-state index in [1.807, 2.05) is 7.05 Å². The van der Waals surface area contributed by atoms with Gasteiger partial charge in [-0.2, -0.15) is 0 Å². The highest BCUT2D eigenvalue weighted by molar-refractivity contribution is 5.17. The molecule has 0 heterocycles. The van der Waals surface area contributed by atoms with Gasteiger partial charge in [0.1, 0.15) is 0 Å². The maximum absolute atomic E-state index is 3.36. The number of benzene rings is 2. The van der Waals surface area contributed by atoms with E-state index in [-0.39, 0.29) is 0 Å². The van der Waals surface area contributed by atoms with Crippen LogP contribution < -0.4 is 5.32 Å².